The Kier molecular flexibility index (Phi) is 3.78. The third-order valence-electron chi connectivity index (χ3n) is 4.91. The fourth-order valence-corrected chi connectivity index (χ4v) is 5.21. The van der Waals surface area contributed by atoms with E-state index >= 15 is 0 Å². The molecule has 0 N–H and O–H groups in total. The Morgan fingerprint density at radius 3 is 2.29 bits per heavy atom. The summed E-state index contributed by atoms with van der Waals surface area (Å²) in [6.45, 7) is 1.06. The van der Waals surface area contributed by atoms with Gasteiger partial charge in [0.25, 0.3) is 5.91 Å². The fourth-order valence-electron chi connectivity index (χ4n) is 3.37. The molecule has 21 heavy (non-hydrogen) atoms. The van der Waals surface area contributed by atoms with E-state index in [1.807, 2.05) is 0 Å². The van der Waals surface area contributed by atoms with E-state index in [1.165, 1.54) is 0 Å². The van der Waals surface area contributed by atoms with Crippen LogP contribution in [0.1, 0.15) is 38.5 Å². The average Bonchev–Trinajstić information content (AvgIpc) is 3.23. The fraction of sp³-hybridized carbons (Fsp3) is 0.929. The summed E-state index contributed by atoms with van der Waals surface area (Å²) >= 11 is 0. The SMILES string of the molecule is CN(C)C(=O)[C@@H]1CCC2(CCN(S(=O)(=O)C3CC3)CC2)O1. The Hall–Kier alpha value is -0.660. The minimum atomic E-state index is -3.08. The van der Waals surface area contributed by atoms with Gasteiger partial charge in [-0.3, -0.25) is 4.79 Å². The first-order valence-electron chi connectivity index (χ1n) is 7.72. The Balaban J connectivity index is 1.60. The molecule has 2 aliphatic heterocycles. The lowest BCUT2D eigenvalue weighted by atomic mass is 9.89. The number of carbonyl (C=O) groups is 1. The summed E-state index contributed by atoms with van der Waals surface area (Å²) in [6, 6.07) is 0. The van der Waals surface area contributed by atoms with Crippen LogP contribution in [0, 0.1) is 0 Å². The van der Waals surface area contributed by atoms with Crippen molar-refractivity contribution in [3.63, 3.8) is 0 Å². The molecule has 1 aliphatic carbocycles. The Bertz CT molecular complexity index is 519. The van der Waals surface area contributed by atoms with Gasteiger partial charge in [-0.1, -0.05) is 0 Å². The van der Waals surface area contributed by atoms with Crippen molar-refractivity contribution in [3.8, 4) is 0 Å². The number of amides is 1. The number of rotatable bonds is 3. The number of hydrogen-bond donors (Lipinski definition) is 0. The maximum absolute atomic E-state index is 12.2. The van der Waals surface area contributed by atoms with Crippen molar-refractivity contribution in [2.75, 3.05) is 27.2 Å². The monoisotopic (exact) mass is 316 g/mol. The molecule has 120 valence electrons. The van der Waals surface area contributed by atoms with Crippen LogP contribution in [0.15, 0.2) is 0 Å². The molecule has 0 aromatic rings. The molecule has 0 aromatic carbocycles. The quantitative estimate of drug-likeness (QED) is 0.764. The van der Waals surface area contributed by atoms with Crippen LogP contribution in [0.5, 0.6) is 0 Å². The second-order valence-electron chi connectivity index (χ2n) is 6.70. The average molecular weight is 316 g/mol. The first kappa shape index (κ1) is 15.2. The number of ether oxygens (including phenoxy) is 1. The van der Waals surface area contributed by atoms with Crippen molar-refractivity contribution in [1.29, 1.82) is 0 Å². The van der Waals surface area contributed by atoms with E-state index in [0.29, 0.717) is 25.9 Å². The van der Waals surface area contributed by atoms with Crippen LogP contribution in [0.2, 0.25) is 0 Å². The van der Waals surface area contributed by atoms with Gasteiger partial charge in [-0.05, 0) is 38.5 Å². The highest BCUT2D eigenvalue weighted by molar-refractivity contribution is 7.90. The van der Waals surface area contributed by atoms with E-state index in [1.54, 1.807) is 23.3 Å². The summed E-state index contributed by atoms with van der Waals surface area (Å²) < 4.78 is 32.1. The van der Waals surface area contributed by atoms with Crippen molar-refractivity contribution < 1.29 is 17.9 Å². The summed E-state index contributed by atoms with van der Waals surface area (Å²) in [5.41, 5.74) is -0.286. The van der Waals surface area contributed by atoms with Crippen LogP contribution in [0.3, 0.4) is 0 Å². The lowest BCUT2D eigenvalue weighted by Crippen LogP contribution is -2.48. The minimum Gasteiger partial charge on any atom is -0.362 e. The van der Waals surface area contributed by atoms with Crippen LogP contribution in [-0.4, -0.2) is 67.7 Å². The van der Waals surface area contributed by atoms with Gasteiger partial charge in [0.1, 0.15) is 6.10 Å². The topological polar surface area (TPSA) is 66.9 Å². The number of carbonyl (C=O) groups excluding carboxylic acids is 1. The summed E-state index contributed by atoms with van der Waals surface area (Å²) in [4.78, 5) is 13.6. The van der Waals surface area contributed by atoms with Crippen LogP contribution in [-0.2, 0) is 19.6 Å². The molecule has 0 radical (unpaired) electrons. The predicted octanol–water partition coefficient (Wildman–Crippen LogP) is 0.580. The molecule has 2 heterocycles. The zero-order valence-electron chi connectivity index (χ0n) is 12.7. The normalized spacial score (nSPS) is 29.7. The van der Waals surface area contributed by atoms with Gasteiger partial charge in [-0.2, -0.15) is 0 Å². The molecule has 0 unspecified atom stereocenters. The molecule has 2 saturated heterocycles. The van der Waals surface area contributed by atoms with Crippen LogP contribution >= 0.6 is 0 Å². The number of piperidine rings is 1. The smallest absolute Gasteiger partial charge is 0.251 e. The Labute approximate surface area is 126 Å². The molecule has 6 nitrogen and oxygen atoms in total. The van der Waals surface area contributed by atoms with Crippen molar-refractivity contribution in [1.82, 2.24) is 9.21 Å². The third kappa shape index (κ3) is 2.83. The van der Waals surface area contributed by atoms with E-state index in [4.69, 9.17) is 4.74 Å². The van der Waals surface area contributed by atoms with E-state index in [9.17, 15) is 13.2 Å². The lowest BCUT2D eigenvalue weighted by Gasteiger charge is -2.38. The molecule has 1 atom stereocenters. The summed E-state index contributed by atoms with van der Waals surface area (Å²) in [6.07, 6.45) is 4.26. The highest BCUT2D eigenvalue weighted by Gasteiger charge is 2.48. The van der Waals surface area contributed by atoms with Gasteiger partial charge in [-0.15, -0.1) is 0 Å². The van der Waals surface area contributed by atoms with Gasteiger partial charge in [0.05, 0.1) is 10.9 Å². The van der Waals surface area contributed by atoms with Crippen molar-refractivity contribution >= 4 is 15.9 Å². The first-order valence-corrected chi connectivity index (χ1v) is 9.22. The van der Waals surface area contributed by atoms with Gasteiger partial charge in [-0.25, -0.2) is 12.7 Å². The van der Waals surface area contributed by atoms with Crippen molar-refractivity contribution in [2.24, 2.45) is 0 Å². The molecule has 1 amide bonds. The van der Waals surface area contributed by atoms with Gasteiger partial charge in [0.15, 0.2) is 0 Å². The molecule has 7 heteroatoms. The summed E-state index contributed by atoms with van der Waals surface area (Å²) in [7, 11) is 0.399. The molecule has 3 aliphatic rings. The first-order chi connectivity index (χ1) is 9.84. The van der Waals surface area contributed by atoms with Crippen molar-refractivity contribution in [3.05, 3.63) is 0 Å². The molecule has 0 bridgehead atoms. The summed E-state index contributed by atoms with van der Waals surface area (Å²) in [5, 5.41) is -0.140. The standard InChI is InChI=1S/C14H24N2O4S/c1-15(2)13(17)12-5-6-14(20-12)7-9-16(10-8-14)21(18,19)11-3-4-11/h11-12H,3-10H2,1-2H3/t12-/m0/s1. The molecule has 1 spiro atoms. The number of sulfonamides is 1. The second-order valence-corrected chi connectivity index (χ2v) is 8.92. The van der Waals surface area contributed by atoms with Crippen LogP contribution < -0.4 is 0 Å². The molecule has 3 fully saturated rings. The molecular formula is C14H24N2O4S. The summed E-state index contributed by atoms with van der Waals surface area (Å²) in [5.74, 6) is 0.0138. The third-order valence-corrected chi connectivity index (χ3v) is 7.31. The zero-order chi connectivity index (χ0) is 15.3. The maximum atomic E-state index is 12.2. The predicted molar refractivity (Wildman–Crippen MR) is 78.3 cm³/mol. The molecule has 3 rings (SSSR count). The second kappa shape index (κ2) is 5.21. The number of hydrogen-bond acceptors (Lipinski definition) is 4. The lowest BCUT2D eigenvalue weighted by molar-refractivity contribution is -0.147. The number of likely N-dealkylation sites (N-methyl/N-ethyl adjacent to an activating group) is 1. The van der Waals surface area contributed by atoms with Crippen molar-refractivity contribution in [2.45, 2.75) is 55.5 Å². The van der Waals surface area contributed by atoms with Gasteiger partial charge < -0.3 is 9.64 Å². The Morgan fingerprint density at radius 2 is 1.76 bits per heavy atom. The highest BCUT2D eigenvalue weighted by atomic mass is 32.2. The number of nitrogens with zero attached hydrogens (tertiary/aromatic N) is 2. The highest BCUT2D eigenvalue weighted by Crippen LogP contribution is 2.41. The molecule has 0 aromatic heterocycles. The maximum Gasteiger partial charge on any atom is 0.251 e. The van der Waals surface area contributed by atoms with E-state index in [0.717, 1.165) is 25.7 Å². The zero-order valence-corrected chi connectivity index (χ0v) is 13.6. The van der Waals surface area contributed by atoms with E-state index in [-0.39, 0.29) is 22.9 Å². The van der Waals surface area contributed by atoms with Gasteiger partial charge in [0.2, 0.25) is 10.0 Å². The molecule has 1 saturated carbocycles. The minimum absolute atomic E-state index is 0.0138. The van der Waals surface area contributed by atoms with Crippen LogP contribution in [0.4, 0.5) is 0 Å². The van der Waals surface area contributed by atoms with Gasteiger partial charge in [0, 0.05) is 27.2 Å². The molecular weight excluding hydrogens is 292 g/mol. The van der Waals surface area contributed by atoms with E-state index in [2.05, 4.69) is 0 Å². The largest absolute Gasteiger partial charge is 0.362 e. The van der Waals surface area contributed by atoms with E-state index < -0.39 is 10.0 Å². The van der Waals surface area contributed by atoms with Gasteiger partial charge >= 0.3 is 0 Å². The van der Waals surface area contributed by atoms with Crippen LogP contribution in [0.25, 0.3) is 0 Å². The Morgan fingerprint density at radius 1 is 1.14 bits per heavy atom.